The summed E-state index contributed by atoms with van der Waals surface area (Å²) in [7, 11) is 3.37. The molecular formula is C22H30IN3O3. The summed E-state index contributed by atoms with van der Waals surface area (Å²) in [4.78, 5) is 4.68. The number of hydrogen-bond acceptors (Lipinski definition) is 4. The van der Waals surface area contributed by atoms with E-state index in [1.807, 2.05) is 31.2 Å². The zero-order valence-corrected chi connectivity index (χ0v) is 19.8. The molecule has 0 aromatic heterocycles. The highest BCUT2D eigenvalue weighted by Crippen LogP contribution is 2.34. The molecule has 2 aromatic rings. The highest BCUT2D eigenvalue weighted by atomic mass is 127. The van der Waals surface area contributed by atoms with Crippen LogP contribution < -0.4 is 24.8 Å². The lowest BCUT2D eigenvalue weighted by Crippen LogP contribution is -2.36. The topological polar surface area (TPSA) is 64.1 Å². The molecule has 29 heavy (non-hydrogen) atoms. The second-order valence-electron chi connectivity index (χ2n) is 6.80. The maximum Gasteiger partial charge on any atom is 0.191 e. The van der Waals surface area contributed by atoms with Crippen LogP contribution in [-0.2, 0) is 19.5 Å². The molecule has 0 spiro atoms. The Bertz CT molecular complexity index is 842. The number of aliphatic imine (C=N–C) groups is 1. The van der Waals surface area contributed by atoms with Gasteiger partial charge in [-0.3, -0.25) is 0 Å². The summed E-state index contributed by atoms with van der Waals surface area (Å²) in [5.41, 5.74) is 3.34. The van der Waals surface area contributed by atoms with E-state index >= 15 is 0 Å². The fourth-order valence-electron chi connectivity index (χ4n) is 3.27. The van der Waals surface area contributed by atoms with Gasteiger partial charge in [-0.05, 0) is 43.7 Å². The monoisotopic (exact) mass is 511 g/mol. The molecule has 1 aliphatic heterocycles. The van der Waals surface area contributed by atoms with Crippen LogP contribution in [0.1, 0.15) is 30.5 Å². The number of nitrogens with one attached hydrogen (secondary N) is 2. The van der Waals surface area contributed by atoms with Crippen LogP contribution in [0.25, 0.3) is 0 Å². The largest absolute Gasteiger partial charge is 0.497 e. The van der Waals surface area contributed by atoms with E-state index in [-0.39, 0.29) is 30.1 Å². The molecule has 0 saturated heterocycles. The van der Waals surface area contributed by atoms with Crippen molar-refractivity contribution in [1.29, 1.82) is 0 Å². The van der Waals surface area contributed by atoms with Gasteiger partial charge < -0.3 is 24.8 Å². The predicted molar refractivity (Wildman–Crippen MR) is 127 cm³/mol. The van der Waals surface area contributed by atoms with Gasteiger partial charge >= 0.3 is 0 Å². The number of nitrogens with zero attached hydrogens (tertiary/aromatic N) is 1. The minimum atomic E-state index is 0. The van der Waals surface area contributed by atoms with Gasteiger partial charge in [0.1, 0.15) is 23.4 Å². The summed E-state index contributed by atoms with van der Waals surface area (Å²) in [5, 5.41) is 6.67. The highest BCUT2D eigenvalue weighted by Gasteiger charge is 2.21. The molecule has 1 atom stereocenters. The predicted octanol–water partition coefficient (Wildman–Crippen LogP) is 3.90. The summed E-state index contributed by atoms with van der Waals surface area (Å²) in [5.74, 6) is 3.40. The van der Waals surface area contributed by atoms with Crippen LogP contribution in [0.4, 0.5) is 0 Å². The minimum Gasteiger partial charge on any atom is -0.497 e. The molecular weight excluding hydrogens is 481 g/mol. The van der Waals surface area contributed by atoms with Crippen LogP contribution in [0.2, 0.25) is 0 Å². The van der Waals surface area contributed by atoms with Crippen molar-refractivity contribution in [2.24, 2.45) is 4.99 Å². The lowest BCUT2D eigenvalue weighted by Gasteiger charge is -2.15. The van der Waals surface area contributed by atoms with Crippen LogP contribution in [0.3, 0.4) is 0 Å². The first-order chi connectivity index (χ1) is 13.6. The van der Waals surface area contributed by atoms with Crippen LogP contribution in [-0.4, -0.2) is 32.8 Å². The molecule has 0 amide bonds. The molecule has 6 nitrogen and oxygen atoms in total. The number of fused-ring (bicyclic) bond motifs is 1. The first-order valence-electron chi connectivity index (χ1n) is 9.64. The Morgan fingerprint density at radius 1 is 1.17 bits per heavy atom. The molecule has 158 valence electrons. The second kappa shape index (κ2) is 11.1. The van der Waals surface area contributed by atoms with E-state index in [0.717, 1.165) is 47.3 Å². The average Bonchev–Trinajstić information content (AvgIpc) is 3.08. The molecule has 3 rings (SSSR count). The van der Waals surface area contributed by atoms with Gasteiger partial charge in [0, 0.05) is 30.6 Å². The second-order valence-corrected chi connectivity index (χ2v) is 6.80. The van der Waals surface area contributed by atoms with Gasteiger partial charge in [-0.1, -0.05) is 12.1 Å². The van der Waals surface area contributed by atoms with E-state index in [0.29, 0.717) is 13.1 Å². The molecule has 2 aromatic carbocycles. The molecule has 7 heteroatoms. The summed E-state index contributed by atoms with van der Waals surface area (Å²) in [6.45, 7) is 6.07. The van der Waals surface area contributed by atoms with Crippen molar-refractivity contribution in [3.8, 4) is 17.2 Å². The van der Waals surface area contributed by atoms with Crippen molar-refractivity contribution < 1.29 is 14.2 Å². The lowest BCUT2D eigenvalue weighted by atomic mass is 10.1. The number of ether oxygens (including phenoxy) is 3. The molecule has 2 N–H and O–H groups in total. The minimum absolute atomic E-state index is 0. The van der Waals surface area contributed by atoms with Crippen LogP contribution in [0.5, 0.6) is 17.2 Å². The maximum atomic E-state index is 5.89. The summed E-state index contributed by atoms with van der Waals surface area (Å²) >= 11 is 0. The Labute approximate surface area is 190 Å². The highest BCUT2D eigenvalue weighted by molar-refractivity contribution is 14.0. The Hall–Kier alpha value is -2.16. The smallest absolute Gasteiger partial charge is 0.191 e. The van der Waals surface area contributed by atoms with Gasteiger partial charge in [0.2, 0.25) is 0 Å². The Morgan fingerprint density at radius 3 is 2.72 bits per heavy atom. The third-order valence-electron chi connectivity index (χ3n) is 4.64. The quantitative estimate of drug-likeness (QED) is 0.336. The molecule has 0 fully saturated rings. The van der Waals surface area contributed by atoms with Crippen molar-refractivity contribution in [2.75, 3.05) is 20.8 Å². The number of halogens is 1. The first kappa shape index (κ1) is 23.1. The molecule has 0 saturated carbocycles. The van der Waals surface area contributed by atoms with E-state index in [1.165, 1.54) is 5.56 Å². The van der Waals surface area contributed by atoms with Crippen molar-refractivity contribution >= 4 is 29.9 Å². The fourth-order valence-corrected chi connectivity index (χ4v) is 3.27. The van der Waals surface area contributed by atoms with Gasteiger partial charge in [0.15, 0.2) is 5.96 Å². The van der Waals surface area contributed by atoms with Crippen LogP contribution >= 0.6 is 24.0 Å². The van der Waals surface area contributed by atoms with Crippen molar-refractivity contribution in [3.63, 3.8) is 0 Å². The molecule has 0 radical (unpaired) electrons. The number of methoxy groups -OCH3 is 2. The Morgan fingerprint density at radius 2 is 2.00 bits per heavy atom. The normalized spacial score (nSPS) is 15.0. The van der Waals surface area contributed by atoms with Gasteiger partial charge in [0.05, 0.1) is 20.8 Å². The maximum absolute atomic E-state index is 5.89. The summed E-state index contributed by atoms with van der Waals surface area (Å²) in [6.07, 6.45) is 1.13. The third kappa shape index (κ3) is 6.16. The molecule has 1 heterocycles. The first-order valence-corrected chi connectivity index (χ1v) is 9.64. The van der Waals surface area contributed by atoms with E-state index in [2.05, 4.69) is 34.7 Å². The Balaban J connectivity index is 0.00000300. The Kier molecular flexibility index (Phi) is 8.88. The zero-order chi connectivity index (χ0) is 19.9. The van der Waals surface area contributed by atoms with E-state index < -0.39 is 0 Å². The number of rotatable bonds is 7. The number of hydrogen-bond donors (Lipinski definition) is 2. The molecule has 0 aliphatic carbocycles. The fraction of sp³-hybridized carbons (Fsp3) is 0.409. The standard InChI is InChI=1S/C22H29N3O3.HI/c1-5-23-22(24-13-16-7-6-8-19(10-16)26-3)25-14-18-12-21-17(9-15(2)28-21)11-20(18)27-4;/h6-8,10-12,15H,5,9,13-14H2,1-4H3,(H2,23,24,25);1H. The number of benzene rings is 2. The molecule has 0 bridgehead atoms. The third-order valence-corrected chi connectivity index (χ3v) is 4.64. The molecule has 1 aliphatic rings. The van der Waals surface area contributed by atoms with Crippen molar-refractivity contribution in [2.45, 2.75) is 39.5 Å². The summed E-state index contributed by atoms with van der Waals surface area (Å²) < 4.78 is 16.7. The summed E-state index contributed by atoms with van der Waals surface area (Å²) in [6, 6.07) is 12.1. The van der Waals surface area contributed by atoms with Gasteiger partial charge in [0.25, 0.3) is 0 Å². The average molecular weight is 511 g/mol. The van der Waals surface area contributed by atoms with Crippen LogP contribution in [0, 0.1) is 0 Å². The van der Waals surface area contributed by atoms with Gasteiger partial charge in [-0.15, -0.1) is 24.0 Å². The van der Waals surface area contributed by atoms with Gasteiger partial charge in [-0.25, -0.2) is 4.99 Å². The lowest BCUT2D eigenvalue weighted by molar-refractivity contribution is 0.254. The van der Waals surface area contributed by atoms with Crippen LogP contribution in [0.15, 0.2) is 41.4 Å². The van der Waals surface area contributed by atoms with E-state index in [9.17, 15) is 0 Å². The zero-order valence-electron chi connectivity index (χ0n) is 17.5. The number of guanidine groups is 1. The SMILES string of the molecule is CCNC(=NCc1cccc(OC)c1)NCc1cc2c(cc1OC)CC(C)O2.I. The van der Waals surface area contributed by atoms with Crippen molar-refractivity contribution in [1.82, 2.24) is 10.6 Å². The van der Waals surface area contributed by atoms with Crippen molar-refractivity contribution in [3.05, 3.63) is 53.1 Å². The van der Waals surface area contributed by atoms with Gasteiger partial charge in [-0.2, -0.15) is 0 Å². The van der Waals surface area contributed by atoms with E-state index in [1.54, 1.807) is 14.2 Å². The molecule has 1 unspecified atom stereocenters. The van der Waals surface area contributed by atoms with E-state index in [4.69, 9.17) is 14.2 Å².